The minimum atomic E-state index is -0.209. The number of carbonyl (C=O) groups excluding carboxylic acids is 1. The van der Waals surface area contributed by atoms with Gasteiger partial charge >= 0.3 is 0 Å². The SMILES string of the molecule is COc1ccc(-c2csc(NC(=O)CSc3nnc(-c4ccco4)n3-c3ccccc3Cl)n2)cc1. The highest BCUT2D eigenvalue weighted by atomic mass is 35.5. The first-order valence-corrected chi connectivity index (χ1v) is 12.6. The van der Waals surface area contributed by atoms with Gasteiger partial charge in [-0.3, -0.25) is 9.36 Å². The highest BCUT2D eigenvalue weighted by Crippen LogP contribution is 2.32. The van der Waals surface area contributed by atoms with Crippen LogP contribution in [0, 0.1) is 0 Å². The number of thioether (sulfide) groups is 1. The van der Waals surface area contributed by atoms with Gasteiger partial charge in [0.2, 0.25) is 11.7 Å². The molecule has 0 radical (unpaired) electrons. The van der Waals surface area contributed by atoms with Crippen LogP contribution in [0.5, 0.6) is 5.75 Å². The summed E-state index contributed by atoms with van der Waals surface area (Å²) in [7, 11) is 1.62. The van der Waals surface area contributed by atoms with Crippen molar-refractivity contribution in [1.29, 1.82) is 0 Å². The van der Waals surface area contributed by atoms with E-state index in [9.17, 15) is 4.79 Å². The number of aromatic nitrogens is 4. The van der Waals surface area contributed by atoms with Crippen molar-refractivity contribution in [3.05, 3.63) is 77.3 Å². The molecule has 0 unspecified atom stereocenters. The summed E-state index contributed by atoms with van der Waals surface area (Å²) < 4.78 is 12.5. The lowest BCUT2D eigenvalue weighted by Gasteiger charge is -2.10. The minimum absolute atomic E-state index is 0.109. The Morgan fingerprint density at radius 2 is 1.97 bits per heavy atom. The van der Waals surface area contributed by atoms with Crippen LogP contribution >= 0.6 is 34.7 Å². The predicted octanol–water partition coefficient (Wildman–Crippen LogP) is 6.04. The lowest BCUT2D eigenvalue weighted by Crippen LogP contribution is -2.14. The summed E-state index contributed by atoms with van der Waals surface area (Å²) in [5, 5.41) is 14.9. The van der Waals surface area contributed by atoms with Gasteiger partial charge < -0.3 is 14.5 Å². The number of nitrogens with one attached hydrogen (secondary N) is 1. The minimum Gasteiger partial charge on any atom is -0.497 e. The molecular weight excluding hydrogens is 506 g/mol. The average Bonchev–Trinajstić information content (AvgIpc) is 3.64. The lowest BCUT2D eigenvalue weighted by molar-refractivity contribution is -0.113. The van der Waals surface area contributed by atoms with Gasteiger partial charge in [0.1, 0.15) is 5.75 Å². The lowest BCUT2D eigenvalue weighted by atomic mass is 10.2. The summed E-state index contributed by atoms with van der Waals surface area (Å²) in [6, 6.07) is 18.5. The molecule has 0 aliphatic rings. The number of nitrogens with zero attached hydrogens (tertiary/aromatic N) is 4. The number of thiazole rings is 1. The number of hydrogen-bond acceptors (Lipinski definition) is 8. The van der Waals surface area contributed by atoms with E-state index < -0.39 is 0 Å². The van der Waals surface area contributed by atoms with Gasteiger partial charge in [-0.2, -0.15) is 0 Å². The third-order valence-corrected chi connectivity index (χ3v) is 6.94. The Morgan fingerprint density at radius 3 is 2.71 bits per heavy atom. The van der Waals surface area contributed by atoms with Crippen LogP contribution in [-0.4, -0.2) is 38.5 Å². The Bertz CT molecular complexity index is 1450. The van der Waals surface area contributed by atoms with E-state index in [-0.39, 0.29) is 11.7 Å². The van der Waals surface area contributed by atoms with Crippen LogP contribution in [0.3, 0.4) is 0 Å². The first-order chi connectivity index (χ1) is 17.1. The molecule has 0 spiro atoms. The van der Waals surface area contributed by atoms with E-state index in [1.54, 1.807) is 36.1 Å². The summed E-state index contributed by atoms with van der Waals surface area (Å²) >= 11 is 9.06. The maximum atomic E-state index is 12.7. The highest BCUT2D eigenvalue weighted by molar-refractivity contribution is 7.99. The van der Waals surface area contributed by atoms with E-state index in [1.165, 1.54) is 23.1 Å². The molecule has 5 rings (SSSR count). The molecule has 0 fully saturated rings. The predicted molar refractivity (Wildman–Crippen MR) is 138 cm³/mol. The number of para-hydroxylation sites is 1. The molecule has 8 nitrogen and oxygen atoms in total. The third kappa shape index (κ3) is 5.09. The largest absolute Gasteiger partial charge is 0.497 e. The van der Waals surface area contributed by atoms with Gasteiger partial charge in [-0.05, 0) is 48.5 Å². The van der Waals surface area contributed by atoms with Crippen molar-refractivity contribution in [1.82, 2.24) is 19.7 Å². The Labute approximate surface area is 213 Å². The molecule has 0 aliphatic carbocycles. The molecular formula is C24H18ClN5O3S2. The van der Waals surface area contributed by atoms with Gasteiger partial charge in [-0.1, -0.05) is 35.5 Å². The maximum absolute atomic E-state index is 12.7. The van der Waals surface area contributed by atoms with Gasteiger partial charge in [0.25, 0.3) is 0 Å². The second kappa shape index (κ2) is 10.3. The van der Waals surface area contributed by atoms with Crippen LogP contribution in [0.15, 0.2) is 81.9 Å². The molecule has 0 aliphatic heterocycles. The Kier molecular flexibility index (Phi) is 6.84. The van der Waals surface area contributed by atoms with Gasteiger partial charge in [0.05, 0.1) is 35.5 Å². The molecule has 5 aromatic rings. The van der Waals surface area contributed by atoms with Crippen LogP contribution in [-0.2, 0) is 4.79 Å². The first-order valence-electron chi connectivity index (χ1n) is 10.4. The molecule has 11 heteroatoms. The third-order valence-electron chi connectivity index (χ3n) is 4.94. The molecule has 35 heavy (non-hydrogen) atoms. The van der Waals surface area contributed by atoms with Crippen molar-refractivity contribution in [3.8, 4) is 34.3 Å². The average molecular weight is 524 g/mol. The van der Waals surface area contributed by atoms with E-state index in [2.05, 4.69) is 20.5 Å². The highest BCUT2D eigenvalue weighted by Gasteiger charge is 2.20. The smallest absolute Gasteiger partial charge is 0.236 e. The van der Waals surface area contributed by atoms with Crippen molar-refractivity contribution in [2.45, 2.75) is 5.16 Å². The van der Waals surface area contributed by atoms with Crippen molar-refractivity contribution < 1.29 is 13.9 Å². The fraction of sp³-hybridized carbons (Fsp3) is 0.0833. The second-order valence-electron chi connectivity index (χ2n) is 7.17. The van der Waals surface area contributed by atoms with E-state index >= 15 is 0 Å². The number of benzene rings is 2. The summed E-state index contributed by atoms with van der Waals surface area (Å²) in [5.41, 5.74) is 2.41. The number of furan rings is 1. The summed E-state index contributed by atoms with van der Waals surface area (Å²) in [4.78, 5) is 17.2. The summed E-state index contributed by atoms with van der Waals surface area (Å²) in [5.74, 6) is 1.71. The number of ether oxygens (including phenoxy) is 1. The van der Waals surface area contributed by atoms with Crippen molar-refractivity contribution in [2.24, 2.45) is 0 Å². The number of rotatable bonds is 8. The van der Waals surface area contributed by atoms with E-state index in [4.69, 9.17) is 20.8 Å². The number of amides is 1. The Hall–Kier alpha value is -3.60. The molecule has 176 valence electrons. The van der Waals surface area contributed by atoms with Crippen LogP contribution in [0.4, 0.5) is 5.13 Å². The topological polar surface area (TPSA) is 95.1 Å². The van der Waals surface area contributed by atoms with Crippen molar-refractivity contribution in [2.75, 3.05) is 18.2 Å². The van der Waals surface area contributed by atoms with Crippen molar-refractivity contribution in [3.63, 3.8) is 0 Å². The zero-order valence-corrected chi connectivity index (χ0v) is 20.7. The molecule has 0 atom stereocenters. The van der Waals surface area contributed by atoms with Crippen LogP contribution in [0.25, 0.3) is 28.5 Å². The molecule has 0 saturated carbocycles. The molecule has 0 bridgehead atoms. The van der Waals surface area contributed by atoms with Gasteiger partial charge in [0.15, 0.2) is 16.0 Å². The number of halogens is 1. The van der Waals surface area contributed by atoms with Gasteiger partial charge in [-0.25, -0.2) is 4.98 Å². The van der Waals surface area contributed by atoms with Gasteiger partial charge in [-0.15, -0.1) is 21.5 Å². The molecule has 3 heterocycles. The summed E-state index contributed by atoms with van der Waals surface area (Å²) in [6.45, 7) is 0. The normalized spacial score (nSPS) is 10.9. The van der Waals surface area contributed by atoms with Crippen molar-refractivity contribution >= 4 is 45.7 Å². The fourth-order valence-corrected chi connectivity index (χ4v) is 4.99. The zero-order valence-electron chi connectivity index (χ0n) is 18.3. The van der Waals surface area contributed by atoms with Crippen LogP contribution in [0.1, 0.15) is 0 Å². The quantitative estimate of drug-likeness (QED) is 0.247. The first kappa shape index (κ1) is 23.2. The molecule has 1 N–H and O–H groups in total. The van der Waals surface area contributed by atoms with Gasteiger partial charge in [0, 0.05) is 10.9 Å². The van der Waals surface area contributed by atoms with E-state index in [1.807, 2.05) is 47.8 Å². The van der Waals surface area contributed by atoms with Crippen LogP contribution < -0.4 is 10.1 Å². The second-order valence-corrected chi connectivity index (χ2v) is 9.38. The standard InChI is InChI=1S/C24H18ClN5O3S2/c1-32-16-10-8-15(9-11-16)18-13-34-23(26-18)27-21(31)14-35-24-29-28-22(20-7-4-12-33-20)30(24)19-6-3-2-5-17(19)25/h2-13H,14H2,1H3,(H,26,27,31). The monoisotopic (exact) mass is 523 g/mol. The number of hydrogen-bond donors (Lipinski definition) is 1. The van der Waals surface area contributed by atoms with E-state index in [0.717, 1.165) is 17.0 Å². The Balaban J connectivity index is 1.31. The van der Waals surface area contributed by atoms with E-state index in [0.29, 0.717) is 32.6 Å². The molecule has 2 aromatic carbocycles. The maximum Gasteiger partial charge on any atom is 0.236 e. The fourth-order valence-electron chi connectivity index (χ4n) is 3.29. The number of anilines is 1. The molecule has 0 saturated heterocycles. The molecule has 3 aromatic heterocycles. The van der Waals surface area contributed by atoms with Crippen LogP contribution in [0.2, 0.25) is 5.02 Å². The Morgan fingerprint density at radius 1 is 1.14 bits per heavy atom. The molecule has 1 amide bonds. The number of carbonyl (C=O) groups is 1. The number of methoxy groups -OCH3 is 1. The zero-order chi connectivity index (χ0) is 24.2. The summed E-state index contributed by atoms with van der Waals surface area (Å²) in [6.07, 6.45) is 1.56.